The Balaban J connectivity index is 2.00. The second-order valence-corrected chi connectivity index (χ2v) is 4.15. The second-order valence-electron chi connectivity index (χ2n) is 4.15. The van der Waals surface area contributed by atoms with Gasteiger partial charge in [-0.05, 0) is 25.0 Å². The molecular formula is C12H15N3O. The molecule has 2 N–H and O–H groups in total. The van der Waals surface area contributed by atoms with Crippen LogP contribution in [0.4, 0.5) is 5.69 Å². The minimum Gasteiger partial charge on any atom is -0.391 e. The first-order valence-corrected chi connectivity index (χ1v) is 5.60. The molecule has 0 unspecified atom stereocenters. The molecule has 1 aromatic rings. The molecule has 2 atom stereocenters. The SMILES string of the molecule is N#Cc1ccc(N[C@H]2CCCC[C@@H]2O)cn1. The molecule has 1 saturated carbocycles. The molecule has 1 fully saturated rings. The van der Waals surface area contributed by atoms with Crippen LogP contribution in [0, 0.1) is 11.3 Å². The van der Waals surface area contributed by atoms with E-state index < -0.39 is 0 Å². The van der Waals surface area contributed by atoms with Crippen molar-refractivity contribution >= 4 is 5.69 Å². The third-order valence-electron chi connectivity index (χ3n) is 2.96. The molecule has 1 aliphatic rings. The van der Waals surface area contributed by atoms with E-state index in [0.717, 1.165) is 31.4 Å². The Labute approximate surface area is 94.9 Å². The summed E-state index contributed by atoms with van der Waals surface area (Å²) in [6.07, 6.45) is 5.47. The molecule has 2 rings (SSSR count). The zero-order chi connectivity index (χ0) is 11.4. The van der Waals surface area contributed by atoms with E-state index in [1.807, 2.05) is 12.1 Å². The van der Waals surface area contributed by atoms with Crippen LogP contribution in [0.25, 0.3) is 0 Å². The van der Waals surface area contributed by atoms with E-state index in [4.69, 9.17) is 5.26 Å². The second kappa shape index (κ2) is 4.95. The molecule has 4 nitrogen and oxygen atoms in total. The number of pyridine rings is 1. The Hall–Kier alpha value is -1.60. The van der Waals surface area contributed by atoms with Crippen LogP contribution in [-0.4, -0.2) is 22.2 Å². The molecule has 1 heterocycles. The maximum Gasteiger partial charge on any atom is 0.140 e. The predicted octanol–water partition coefficient (Wildman–Crippen LogP) is 1.67. The molecule has 0 aromatic carbocycles. The number of rotatable bonds is 2. The van der Waals surface area contributed by atoms with E-state index >= 15 is 0 Å². The fourth-order valence-corrected chi connectivity index (χ4v) is 2.04. The average Bonchev–Trinajstić information content (AvgIpc) is 2.33. The van der Waals surface area contributed by atoms with Crippen LogP contribution in [0.15, 0.2) is 18.3 Å². The molecule has 16 heavy (non-hydrogen) atoms. The van der Waals surface area contributed by atoms with Gasteiger partial charge in [0.1, 0.15) is 11.8 Å². The monoisotopic (exact) mass is 217 g/mol. The Kier molecular flexibility index (Phi) is 3.37. The van der Waals surface area contributed by atoms with Crippen molar-refractivity contribution in [3.8, 4) is 6.07 Å². The van der Waals surface area contributed by atoms with E-state index in [0.29, 0.717) is 5.69 Å². The fourth-order valence-electron chi connectivity index (χ4n) is 2.04. The van der Waals surface area contributed by atoms with Gasteiger partial charge in [0.15, 0.2) is 0 Å². The van der Waals surface area contributed by atoms with Crippen molar-refractivity contribution in [2.75, 3.05) is 5.32 Å². The van der Waals surface area contributed by atoms with Crippen molar-refractivity contribution in [1.29, 1.82) is 5.26 Å². The first kappa shape index (κ1) is 10.9. The number of aromatic nitrogens is 1. The molecular weight excluding hydrogens is 202 g/mol. The molecule has 1 aromatic heterocycles. The van der Waals surface area contributed by atoms with Crippen LogP contribution in [-0.2, 0) is 0 Å². The van der Waals surface area contributed by atoms with E-state index in [9.17, 15) is 5.11 Å². The van der Waals surface area contributed by atoms with Crippen molar-refractivity contribution in [1.82, 2.24) is 4.98 Å². The highest BCUT2D eigenvalue weighted by Crippen LogP contribution is 2.21. The summed E-state index contributed by atoms with van der Waals surface area (Å²) in [5, 5.41) is 21.7. The van der Waals surface area contributed by atoms with E-state index in [2.05, 4.69) is 10.3 Å². The lowest BCUT2D eigenvalue weighted by molar-refractivity contribution is 0.116. The lowest BCUT2D eigenvalue weighted by Crippen LogP contribution is -2.36. The van der Waals surface area contributed by atoms with Crippen LogP contribution in [0.3, 0.4) is 0 Å². The normalized spacial score (nSPS) is 24.8. The molecule has 1 aliphatic carbocycles. The molecule has 0 aliphatic heterocycles. The number of aliphatic hydroxyl groups excluding tert-OH is 1. The Morgan fingerprint density at radius 2 is 2.19 bits per heavy atom. The molecule has 84 valence electrons. The predicted molar refractivity (Wildman–Crippen MR) is 60.8 cm³/mol. The molecule has 0 spiro atoms. The van der Waals surface area contributed by atoms with Gasteiger partial charge in [-0.25, -0.2) is 4.98 Å². The number of aliphatic hydroxyl groups is 1. The van der Waals surface area contributed by atoms with Crippen LogP contribution >= 0.6 is 0 Å². The molecule has 0 bridgehead atoms. The third kappa shape index (κ3) is 2.50. The summed E-state index contributed by atoms with van der Waals surface area (Å²) in [6, 6.07) is 5.60. The lowest BCUT2D eigenvalue weighted by atomic mass is 9.92. The van der Waals surface area contributed by atoms with Crippen LogP contribution < -0.4 is 5.32 Å². The average molecular weight is 217 g/mol. The highest BCUT2D eigenvalue weighted by atomic mass is 16.3. The first-order valence-electron chi connectivity index (χ1n) is 5.60. The summed E-state index contributed by atoms with van der Waals surface area (Å²) in [5.41, 5.74) is 1.28. The van der Waals surface area contributed by atoms with Gasteiger partial charge in [0.25, 0.3) is 0 Å². The first-order chi connectivity index (χ1) is 7.79. The zero-order valence-corrected chi connectivity index (χ0v) is 9.06. The van der Waals surface area contributed by atoms with E-state index in [1.54, 1.807) is 12.3 Å². The Morgan fingerprint density at radius 3 is 2.81 bits per heavy atom. The van der Waals surface area contributed by atoms with Gasteiger partial charge in [0.05, 0.1) is 24.0 Å². The number of nitrogens with zero attached hydrogens (tertiary/aromatic N) is 2. The number of nitrogens with one attached hydrogen (secondary N) is 1. The van der Waals surface area contributed by atoms with Gasteiger partial charge in [-0.15, -0.1) is 0 Å². The summed E-state index contributed by atoms with van der Waals surface area (Å²) in [4.78, 5) is 3.98. The van der Waals surface area contributed by atoms with Crippen LogP contribution in [0.5, 0.6) is 0 Å². The van der Waals surface area contributed by atoms with Crippen molar-refractivity contribution in [2.45, 2.75) is 37.8 Å². The van der Waals surface area contributed by atoms with Gasteiger partial charge < -0.3 is 10.4 Å². The summed E-state index contributed by atoms with van der Waals surface area (Å²) in [6.45, 7) is 0. The number of hydrogen-bond acceptors (Lipinski definition) is 4. The maximum absolute atomic E-state index is 9.80. The summed E-state index contributed by atoms with van der Waals surface area (Å²) in [5.74, 6) is 0. The number of hydrogen-bond donors (Lipinski definition) is 2. The molecule has 4 heteroatoms. The highest BCUT2D eigenvalue weighted by Gasteiger charge is 2.22. The lowest BCUT2D eigenvalue weighted by Gasteiger charge is -2.29. The number of anilines is 1. The van der Waals surface area contributed by atoms with Gasteiger partial charge >= 0.3 is 0 Å². The van der Waals surface area contributed by atoms with Crippen LogP contribution in [0.2, 0.25) is 0 Å². The summed E-state index contributed by atoms with van der Waals surface area (Å²) in [7, 11) is 0. The topological polar surface area (TPSA) is 68.9 Å². The maximum atomic E-state index is 9.80. The quantitative estimate of drug-likeness (QED) is 0.790. The van der Waals surface area contributed by atoms with Crippen molar-refractivity contribution in [3.63, 3.8) is 0 Å². The highest BCUT2D eigenvalue weighted by molar-refractivity contribution is 5.43. The van der Waals surface area contributed by atoms with E-state index in [-0.39, 0.29) is 12.1 Å². The van der Waals surface area contributed by atoms with Gasteiger partial charge in [0.2, 0.25) is 0 Å². The van der Waals surface area contributed by atoms with Crippen LogP contribution in [0.1, 0.15) is 31.4 Å². The number of nitriles is 1. The Morgan fingerprint density at radius 1 is 1.38 bits per heavy atom. The summed E-state index contributed by atoms with van der Waals surface area (Å²) >= 11 is 0. The van der Waals surface area contributed by atoms with Crippen molar-refractivity contribution in [3.05, 3.63) is 24.0 Å². The molecule has 0 saturated heterocycles. The summed E-state index contributed by atoms with van der Waals surface area (Å²) < 4.78 is 0. The third-order valence-corrected chi connectivity index (χ3v) is 2.96. The van der Waals surface area contributed by atoms with Gasteiger partial charge in [-0.3, -0.25) is 0 Å². The van der Waals surface area contributed by atoms with E-state index in [1.165, 1.54) is 0 Å². The standard InChI is InChI=1S/C12H15N3O/c13-7-9-5-6-10(8-14-9)15-11-3-1-2-4-12(11)16/h5-6,8,11-12,15-16H,1-4H2/t11-,12-/m0/s1. The zero-order valence-electron chi connectivity index (χ0n) is 9.06. The molecule has 0 amide bonds. The minimum atomic E-state index is -0.274. The minimum absolute atomic E-state index is 0.114. The van der Waals surface area contributed by atoms with Crippen molar-refractivity contribution < 1.29 is 5.11 Å². The fraction of sp³-hybridized carbons (Fsp3) is 0.500. The largest absolute Gasteiger partial charge is 0.391 e. The van der Waals surface area contributed by atoms with Gasteiger partial charge in [-0.2, -0.15) is 5.26 Å². The van der Waals surface area contributed by atoms with Crippen molar-refractivity contribution in [2.24, 2.45) is 0 Å². The Bertz CT molecular complexity index is 382. The van der Waals surface area contributed by atoms with Gasteiger partial charge in [-0.1, -0.05) is 12.8 Å². The smallest absolute Gasteiger partial charge is 0.140 e. The molecule has 0 radical (unpaired) electrons. The van der Waals surface area contributed by atoms with Gasteiger partial charge in [0, 0.05) is 0 Å².